The van der Waals surface area contributed by atoms with E-state index in [2.05, 4.69) is 15.5 Å². The topological polar surface area (TPSA) is 89.7 Å². The third kappa shape index (κ3) is 2.84. The molecule has 2 fully saturated rings. The summed E-state index contributed by atoms with van der Waals surface area (Å²) in [4.78, 5) is 18.5. The second-order valence-corrected chi connectivity index (χ2v) is 6.98. The molecule has 0 aliphatic carbocycles. The van der Waals surface area contributed by atoms with Gasteiger partial charge in [-0.25, -0.2) is 4.98 Å². The molecule has 9 heteroatoms. The van der Waals surface area contributed by atoms with Crippen LogP contribution in [-0.2, 0) is 4.74 Å². The molecule has 0 aromatic carbocycles. The average molecular weight is 350 g/mol. The van der Waals surface area contributed by atoms with Gasteiger partial charge in [0.05, 0.1) is 38.0 Å². The number of thiazole rings is 1. The zero-order chi connectivity index (χ0) is 16.6. The summed E-state index contributed by atoms with van der Waals surface area (Å²) in [5, 5.41) is 9.91. The Kier molecular flexibility index (Phi) is 3.89. The Morgan fingerprint density at radius 2 is 2.50 bits per heavy atom. The van der Waals surface area contributed by atoms with Crippen LogP contribution in [0.4, 0.5) is 5.13 Å². The molecule has 2 atom stereocenters. The summed E-state index contributed by atoms with van der Waals surface area (Å²) in [5.74, 6) is 0.319. The highest BCUT2D eigenvalue weighted by Gasteiger charge is 2.47. The number of aromatic nitrogens is 2. The first kappa shape index (κ1) is 15.4. The number of hydrogen-bond acceptors (Lipinski definition) is 8. The SMILES string of the molecule is COc1cc(C(=O)N2CCC3(CC(Nc4nccs4)CO3)C2)on1. The number of rotatable bonds is 4. The van der Waals surface area contributed by atoms with Gasteiger partial charge in [-0.05, 0) is 11.6 Å². The molecule has 1 amide bonds. The minimum Gasteiger partial charge on any atom is -0.479 e. The van der Waals surface area contributed by atoms with Crippen LogP contribution in [0.2, 0.25) is 0 Å². The van der Waals surface area contributed by atoms with E-state index in [4.69, 9.17) is 14.0 Å². The second-order valence-electron chi connectivity index (χ2n) is 6.09. The number of nitrogens with zero attached hydrogens (tertiary/aromatic N) is 3. The van der Waals surface area contributed by atoms with Crippen LogP contribution in [0, 0.1) is 0 Å². The lowest BCUT2D eigenvalue weighted by molar-refractivity contribution is 0.0120. The number of hydrogen-bond donors (Lipinski definition) is 1. The van der Waals surface area contributed by atoms with Crippen LogP contribution in [0.25, 0.3) is 0 Å². The van der Waals surface area contributed by atoms with E-state index in [1.807, 2.05) is 5.38 Å². The molecule has 2 aliphatic heterocycles. The Hall–Kier alpha value is -2.13. The normalized spacial score (nSPS) is 26.2. The van der Waals surface area contributed by atoms with Crippen molar-refractivity contribution in [1.29, 1.82) is 0 Å². The molecule has 2 aromatic rings. The molecule has 4 heterocycles. The number of methoxy groups -OCH3 is 1. The molecule has 8 nitrogen and oxygen atoms in total. The molecule has 1 N–H and O–H groups in total. The summed E-state index contributed by atoms with van der Waals surface area (Å²) < 4.78 is 16.1. The highest BCUT2D eigenvalue weighted by atomic mass is 32.1. The fourth-order valence-corrected chi connectivity index (χ4v) is 3.93. The predicted molar refractivity (Wildman–Crippen MR) is 86.4 cm³/mol. The summed E-state index contributed by atoms with van der Waals surface area (Å²) >= 11 is 1.57. The number of ether oxygens (including phenoxy) is 2. The maximum atomic E-state index is 12.5. The van der Waals surface area contributed by atoms with Crippen LogP contribution >= 0.6 is 11.3 Å². The smallest absolute Gasteiger partial charge is 0.292 e. The molecule has 2 aromatic heterocycles. The average Bonchev–Trinajstić information content (AvgIpc) is 3.36. The van der Waals surface area contributed by atoms with E-state index < -0.39 is 0 Å². The lowest BCUT2D eigenvalue weighted by Crippen LogP contribution is -2.36. The van der Waals surface area contributed by atoms with Gasteiger partial charge in [-0.2, -0.15) is 0 Å². The Balaban J connectivity index is 1.38. The highest BCUT2D eigenvalue weighted by Crippen LogP contribution is 2.37. The molecule has 128 valence electrons. The first-order valence-corrected chi connectivity index (χ1v) is 8.65. The van der Waals surface area contributed by atoms with Gasteiger partial charge < -0.3 is 24.2 Å². The van der Waals surface area contributed by atoms with Gasteiger partial charge in [-0.3, -0.25) is 4.79 Å². The van der Waals surface area contributed by atoms with E-state index in [1.54, 1.807) is 22.4 Å². The molecule has 0 radical (unpaired) electrons. The number of carbonyl (C=O) groups is 1. The lowest BCUT2D eigenvalue weighted by atomic mass is 9.97. The maximum Gasteiger partial charge on any atom is 0.292 e. The van der Waals surface area contributed by atoms with Crippen molar-refractivity contribution in [3.05, 3.63) is 23.4 Å². The van der Waals surface area contributed by atoms with Crippen LogP contribution in [0.3, 0.4) is 0 Å². The molecular formula is C15H18N4O4S. The summed E-state index contributed by atoms with van der Waals surface area (Å²) in [6, 6.07) is 1.73. The summed E-state index contributed by atoms with van der Waals surface area (Å²) in [6.07, 6.45) is 3.45. The van der Waals surface area contributed by atoms with E-state index in [9.17, 15) is 4.79 Å². The zero-order valence-corrected chi connectivity index (χ0v) is 14.0. The van der Waals surface area contributed by atoms with Crippen LogP contribution in [0.15, 0.2) is 22.2 Å². The van der Waals surface area contributed by atoms with Crippen LogP contribution in [-0.4, -0.2) is 59.4 Å². The van der Waals surface area contributed by atoms with Crippen LogP contribution in [0.1, 0.15) is 23.4 Å². The van der Waals surface area contributed by atoms with Crippen LogP contribution < -0.4 is 10.1 Å². The summed E-state index contributed by atoms with van der Waals surface area (Å²) in [7, 11) is 1.49. The van der Waals surface area contributed by atoms with Crippen molar-refractivity contribution in [2.45, 2.75) is 24.5 Å². The number of likely N-dealkylation sites (tertiary alicyclic amines) is 1. The standard InChI is InChI=1S/C15H18N4O4S/c1-21-12-6-11(23-18-12)13(20)19-4-2-15(9-19)7-10(8-22-15)17-14-16-3-5-24-14/h3,5-6,10H,2,4,7-9H2,1H3,(H,16,17). The first-order valence-electron chi connectivity index (χ1n) is 7.77. The van der Waals surface area contributed by atoms with Crippen molar-refractivity contribution in [3.63, 3.8) is 0 Å². The number of amides is 1. The lowest BCUT2D eigenvalue weighted by Gasteiger charge is -2.22. The number of nitrogens with one attached hydrogen (secondary N) is 1. The summed E-state index contributed by atoms with van der Waals surface area (Å²) in [6.45, 7) is 1.83. The van der Waals surface area contributed by atoms with Crippen molar-refractivity contribution in [2.75, 3.05) is 32.1 Å². The molecule has 24 heavy (non-hydrogen) atoms. The van der Waals surface area contributed by atoms with Crippen molar-refractivity contribution in [3.8, 4) is 5.88 Å². The van der Waals surface area contributed by atoms with Crippen molar-refractivity contribution >= 4 is 22.4 Å². The Labute approximate surface area is 142 Å². The summed E-state index contributed by atoms with van der Waals surface area (Å²) in [5.41, 5.74) is -0.283. The second kappa shape index (κ2) is 6.06. The van der Waals surface area contributed by atoms with E-state index in [1.165, 1.54) is 13.2 Å². The minimum atomic E-state index is -0.283. The highest BCUT2D eigenvalue weighted by molar-refractivity contribution is 7.13. The third-order valence-corrected chi connectivity index (χ3v) is 5.19. The molecule has 0 saturated carbocycles. The van der Waals surface area contributed by atoms with Gasteiger partial charge in [0.15, 0.2) is 5.13 Å². The van der Waals surface area contributed by atoms with Gasteiger partial charge in [0.25, 0.3) is 11.8 Å². The Morgan fingerprint density at radius 3 is 3.25 bits per heavy atom. The van der Waals surface area contributed by atoms with Crippen LogP contribution in [0.5, 0.6) is 5.88 Å². The molecule has 2 aliphatic rings. The largest absolute Gasteiger partial charge is 0.479 e. The van der Waals surface area contributed by atoms with Gasteiger partial charge in [0, 0.05) is 24.5 Å². The van der Waals surface area contributed by atoms with Gasteiger partial charge >= 0.3 is 0 Å². The molecule has 1 spiro atoms. The van der Waals surface area contributed by atoms with Gasteiger partial charge in [0.2, 0.25) is 5.76 Å². The van der Waals surface area contributed by atoms with Gasteiger partial charge in [-0.1, -0.05) is 0 Å². The fourth-order valence-electron chi connectivity index (χ4n) is 3.32. The Morgan fingerprint density at radius 1 is 1.58 bits per heavy atom. The molecule has 0 bridgehead atoms. The van der Waals surface area contributed by atoms with Crippen molar-refractivity contribution in [2.24, 2.45) is 0 Å². The fraction of sp³-hybridized carbons (Fsp3) is 0.533. The third-order valence-electron chi connectivity index (χ3n) is 4.48. The Bertz CT molecular complexity index is 719. The van der Waals surface area contributed by atoms with E-state index in [0.29, 0.717) is 25.6 Å². The van der Waals surface area contributed by atoms with Crippen molar-refractivity contribution in [1.82, 2.24) is 15.0 Å². The monoisotopic (exact) mass is 350 g/mol. The van der Waals surface area contributed by atoms with E-state index >= 15 is 0 Å². The van der Waals surface area contributed by atoms with Gasteiger partial charge in [-0.15, -0.1) is 11.3 Å². The predicted octanol–water partition coefficient (Wildman–Crippen LogP) is 1.63. The van der Waals surface area contributed by atoms with Gasteiger partial charge in [0.1, 0.15) is 0 Å². The first-order chi connectivity index (χ1) is 11.7. The molecule has 4 rings (SSSR count). The van der Waals surface area contributed by atoms with Crippen molar-refractivity contribution < 1.29 is 18.8 Å². The molecular weight excluding hydrogens is 332 g/mol. The zero-order valence-electron chi connectivity index (χ0n) is 13.2. The molecule has 2 unspecified atom stereocenters. The number of anilines is 1. The molecule has 2 saturated heterocycles. The number of carbonyl (C=O) groups excluding carboxylic acids is 1. The van der Waals surface area contributed by atoms with E-state index in [0.717, 1.165) is 18.0 Å². The minimum absolute atomic E-state index is 0.178. The quantitative estimate of drug-likeness (QED) is 0.896. The van der Waals surface area contributed by atoms with E-state index in [-0.39, 0.29) is 23.3 Å². The maximum absolute atomic E-state index is 12.5.